The summed E-state index contributed by atoms with van der Waals surface area (Å²) in [6.45, 7) is 5.96. The summed E-state index contributed by atoms with van der Waals surface area (Å²) in [5.41, 5.74) is 13.6. The highest BCUT2D eigenvalue weighted by Gasteiger charge is 2.72. The van der Waals surface area contributed by atoms with Gasteiger partial charge in [0, 0.05) is 84.9 Å². The largest absolute Gasteiger partial charge is 0.514 e. The van der Waals surface area contributed by atoms with Crippen molar-refractivity contribution in [1.29, 1.82) is 0 Å². The van der Waals surface area contributed by atoms with Crippen molar-refractivity contribution in [2.45, 2.75) is 134 Å². The molecule has 4 atom stereocenters. The zero-order valence-electron chi connectivity index (χ0n) is 52.4. The number of rotatable bonds is 8. The third-order valence-corrected chi connectivity index (χ3v) is 30.4. The Morgan fingerprint density at radius 3 is 1.40 bits per heavy atom. The minimum atomic E-state index is -2.58. The summed E-state index contributed by atoms with van der Waals surface area (Å²) in [4.78, 5) is 18.7. The summed E-state index contributed by atoms with van der Waals surface area (Å²) in [7, 11) is 4.71. The number of nitrogens with zero attached hydrogens (tertiary/aromatic N) is 8. The smallest absolute Gasteiger partial charge is 0.398 e. The summed E-state index contributed by atoms with van der Waals surface area (Å²) < 4.78 is 29.2. The van der Waals surface area contributed by atoms with Crippen LogP contribution in [0.1, 0.15) is 119 Å². The van der Waals surface area contributed by atoms with E-state index < -0.39 is 16.1 Å². The van der Waals surface area contributed by atoms with Gasteiger partial charge in [-0.05, 0) is 197 Å². The first-order valence-corrected chi connectivity index (χ1v) is 37.4. The van der Waals surface area contributed by atoms with Gasteiger partial charge in [-0.1, -0.05) is 133 Å². The van der Waals surface area contributed by atoms with E-state index >= 15 is 0 Å². The third-order valence-electron chi connectivity index (χ3n) is 20.6. The van der Waals surface area contributed by atoms with Crippen molar-refractivity contribution >= 4 is 104 Å². The van der Waals surface area contributed by atoms with Crippen LogP contribution in [0.2, 0.25) is 5.15 Å². The van der Waals surface area contributed by atoms with E-state index in [1.807, 2.05) is 36.9 Å². The number of halogens is 1. The van der Waals surface area contributed by atoms with Crippen molar-refractivity contribution < 1.29 is 18.8 Å². The molecule has 6 aromatic heterocycles. The highest BCUT2D eigenvalue weighted by atomic mass is 35.5. The van der Waals surface area contributed by atoms with Crippen LogP contribution in [-0.2, 0) is 44.5 Å². The average Bonchev–Trinajstić information content (AvgIpc) is 1.53. The van der Waals surface area contributed by atoms with Gasteiger partial charge in [-0.15, -0.1) is 0 Å². The molecule has 0 bridgehead atoms. The van der Waals surface area contributed by atoms with Crippen molar-refractivity contribution in [3.63, 3.8) is 0 Å². The van der Waals surface area contributed by atoms with Crippen LogP contribution < -0.4 is 47.1 Å². The fourth-order valence-electron chi connectivity index (χ4n) is 16.1. The summed E-state index contributed by atoms with van der Waals surface area (Å²) >= 11 is 6.10. The van der Waals surface area contributed by atoms with Gasteiger partial charge in [-0.2, -0.15) is 10.2 Å². The Bertz CT molecular complexity index is 4180. The molecule has 3 aliphatic carbocycles. The molecule has 0 spiro atoms. The van der Waals surface area contributed by atoms with E-state index in [2.05, 4.69) is 199 Å². The molecule has 4 unspecified atom stereocenters. The Kier molecular flexibility index (Phi) is 16.9. The zero-order chi connectivity index (χ0) is 62.4. The molecule has 4 fully saturated rings. The summed E-state index contributed by atoms with van der Waals surface area (Å²) in [6, 6.07) is 52.5. The van der Waals surface area contributed by atoms with Crippen molar-refractivity contribution in [2.24, 2.45) is 0 Å². The Hall–Kier alpha value is -7.28. The number of aryl methyl sites for hydroxylation is 2. The lowest BCUT2D eigenvalue weighted by Gasteiger charge is -2.30. The number of pyridine rings is 4. The van der Waals surface area contributed by atoms with Gasteiger partial charge in [0.1, 0.15) is 11.4 Å². The number of aromatic nitrogens is 8. The van der Waals surface area contributed by atoms with Gasteiger partial charge in [0.15, 0.2) is 22.4 Å². The second-order valence-electron chi connectivity index (χ2n) is 25.9. The standard InChI is InChI=1S/C34H32N4OSi.C22H15ClN2Si.C17H25BN2O3.B3/c1-4-14-29-28(13-1)34(38(37-29)33-17-7-8-21-39-33)30-19-18-25(23-36-30)40(24-10-9-20-35-22-24)31-15-5-2-11-26(31)27-12-3-6-16-32(27)40;23-22-12-11-17(15-25-22)26(16-6-5-13-24-14-16)20-9-3-1-7-18(20)19-8-2-4-10-21(19)26;1-16-11-17(16,2)23-18(22-16)15-12-7-3-4-8-13(12)19-20(15)14-9-5-6-10-21-14;1-3-2/h2-3,5-6,9-12,15-16,18-20,22-23,33H,1,4,7-8,13-14,17,21H2;1-15H;14H,3-11H2,1-2H3;. The molecule has 1 saturated carbocycles. The first kappa shape index (κ1) is 60.9. The molecule has 3 saturated heterocycles. The van der Waals surface area contributed by atoms with Crippen LogP contribution in [0, 0.1) is 0 Å². The van der Waals surface area contributed by atoms with Crippen LogP contribution in [0.15, 0.2) is 183 Å². The van der Waals surface area contributed by atoms with Gasteiger partial charge in [-0.3, -0.25) is 15.0 Å². The lowest BCUT2D eigenvalue weighted by atomic mass is 9.40. The van der Waals surface area contributed by atoms with Gasteiger partial charge >= 0.3 is 7.12 Å². The van der Waals surface area contributed by atoms with Gasteiger partial charge in [0.25, 0.3) is 0 Å². The predicted molar refractivity (Wildman–Crippen MR) is 375 cm³/mol. The maximum atomic E-state index is 6.33. The Morgan fingerprint density at radius 2 is 0.946 bits per heavy atom. The van der Waals surface area contributed by atoms with Gasteiger partial charge in [-0.25, -0.2) is 14.3 Å². The second kappa shape index (κ2) is 25.6. The number of benzene rings is 4. The molecule has 0 N–H and O–H groups in total. The quantitative estimate of drug-likeness (QED) is 0.110. The zero-order valence-corrected chi connectivity index (χ0v) is 55.2. The van der Waals surface area contributed by atoms with Crippen molar-refractivity contribution in [2.75, 3.05) is 13.2 Å². The van der Waals surface area contributed by atoms with E-state index in [1.54, 1.807) is 0 Å². The minimum Gasteiger partial charge on any atom is -0.398 e. The molecule has 8 aliphatic rings. The van der Waals surface area contributed by atoms with Crippen molar-refractivity contribution in [1.82, 2.24) is 39.5 Å². The molecule has 19 heteroatoms. The topological polar surface area (TPSA) is 124 Å². The number of fused-ring (bicyclic) bond motifs is 9. The molecule has 18 rings (SSSR count). The van der Waals surface area contributed by atoms with E-state index in [9.17, 15) is 0 Å². The third kappa shape index (κ3) is 10.5. The van der Waals surface area contributed by atoms with Crippen LogP contribution in [0.4, 0.5) is 0 Å². The first-order valence-electron chi connectivity index (χ1n) is 33.0. The van der Waals surface area contributed by atoms with Gasteiger partial charge < -0.3 is 18.8 Å². The lowest BCUT2D eigenvalue weighted by molar-refractivity contribution is -0.0386. The monoisotopic (exact) mass is 1260 g/mol. The number of ether oxygens (including phenoxy) is 2. The molecule has 5 radical (unpaired) electrons. The van der Waals surface area contributed by atoms with E-state index in [1.165, 1.54) is 125 Å². The predicted octanol–water partition coefficient (Wildman–Crippen LogP) is 7.75. The molecule has 455 valence electrons. The SMILES string of the molecule is CC12CC1(C)OB(c1c3c(nn1C1CCCCO1)CCCC3)O2.Clc1ccc([Si]2(c3cccnc3)c3ccccc3-c3ccccc32)cn1.[B][B][B].c1cncc([Si]2(c3ccc(-c4c5c(nn4C4CCCCO4)CCCC5)nc3)c3ccccc3-c3ccccc32)c1. The highest BCUT2D eigenvalue weighted by Crippen LogP contribution is 2.58. The average molecular weight is 1260 g/mol. The number of hydrogen-bond acceptors (Lipinski definition) is 10. The summed E-state index contributed by atoms with van der Waals surface area (Å²) in [5.74, 6) is 0. The molecule has 12 nitrogen and oxygen atoms in total. The molecule has 5 aliphatic heterocycles. The Labute approximate surface area is 550 Å². The fraction of sp³-hybridized carbons (Fsp3) is 0.315. The van der Waals surface area contributed by atoms with E-state index in [0.29, 0.717) is 5.15 Å². The van der Waals surface area contributed by atoms with Crippen LogP contribution in [-0.4, -0.2) is 110 Å². The minimum absolute atomic E-state index is 0.000484. The molecule has 4 aromatic carbocycles. The van der Waals surface area contributed by atoms with Crippen LogP contribution >= 0.6 is 11.6 Å². The van der Waals surface area contributed by atoms with Gasteiger partial charge in [0.05, 0.1) is 39.6 Å². The van der Waals surface area contributed by atoms with Crippen LogP contribution in [0.25, 0.3) is 33.6 Å². The van der Waals surface area contributed by atoms with Crippen LogP contribution in [0.5, 0.6) is 0 Å². The maximum Gasteiger partial charge on any atom is 0.514 e. The molecule has 11 heterocycles. The van der Waals surface area contributed by atoms with E-state index in [0.717, 1.165) is 95.0 Å². The molecular formula is C73H72B4ClN8O4Si2. The Morgan fingerprint density at radius 1 is 0.500 bits per heavy atom. The first-order chi connectivity index (χ1) is 45.2. The second-order valence-corrected chi connectivity index (χ2v) is 33.7. The normalized spacial score (nSPS) is 22.1. The molecule has 10 aromatic rings. The van der Waals surface area contributed by atoms with E-state index in [-0.39, 0.29) is 30.8 Å². The fourth-order valence-corrected chi connectivity index (χ4v) is 26.2. The van der Waals surface area contributed by atoms with Crippen molar-refractivity contribution in [3.05, 3.63) is 210 Å². The highest BCUT2D eigenvalue weighted by molar-refractivity contribution is 7.23. The van der Waals surface area contributed by atoms with E-state index in [4.69, 9.17) is 45.6 Å². The number of hydrogen-bond donors (Lipinski definition) is 0. The maximum absolute atomic E-state index is 6.33. The lowest BCUT2D eigenvalue weighted by Crippen LogP contribution is -2.73. The molecular weight excluding hydrogens is 1190 g/mol. The van der Waals surface area contributed by atoms with Crippen molar-refractivity contribution in [3.8, 4) is 33.6 Å². The van der Waals surface area contributed by atoms with Crippen LogP contribution in [0.3, 0.4) is 0 Å². The Balaban J connectivity index is 0.000000117. The molecule has 92 heavy (non-hydrogen) atoms. The summed E-state index contributed by atoms with van der Waals surface area (Å²) in [6.07, 6.45) is 28.8. The molecule has 0 amide bonds. The summed E-state index contributed by atoms with van der Waals surface area (Å²) in [5, 5.41) is 21.3. The van der Waals surface area contributed by atoms with Gasteiger partial charge in [0.2, 0.25) is 0 Å².